The van der Waals surface area contributed by atoms with Crippen LogP contribution in [0.3, 0.4) is 0 Å². The molecule has 0 amide bonds. The Bertz CT molecular complexity index is 633. The number of nitrogens with zero attached hydrogens (tertiary/aromatic N) is 2. The number of alkyl halides is 1. The Morgan fingerprint density at radius 1 is 1.45 bits per heavy atom. The lowest BCUT2D eigenvalue weighted by Crippen LogP contribution is -2.08. The topological polar surface area (TPSA) is 27.1 Å². The van der Waals surface area contributed by atoms with Crippen molar-refractivity contribution in [1.29, 1.82) is 0 Å². The summed E-state index contributed by atoms with van der Waals surface area (Å²) >= 11 is 5.92. The van der Waals surface area contributed by atoms with E-state index in [0.29, 0.717) is 11.3 Å². The van der Waals surface area contributed by atoms with Gasteiger partial charge in [-0.1, -0.05) is 13.8 Å². The monoisotopic (exact) mass is 292 g/mol. The summed E-state index contributed by atoms with van der Waals surface area (Å²) in [5, 5.41) is 0. The zero-order chi connectivity index (χ0) is 14.3. The second-order valence-electron chi connectivity index (χ2n) is 6.32. The van der Waals surface area contributed by atoms with Crippen LogP contribution in [0.25, 0.3) is 11.0 Å². The maximum atomic E-state index is 5.92. The number of aryl methyl sites for hydroxylation is 1. The summed E-state index contributed by atoms with van der Waals surface area (Å²) in [7, 11) is 1.70. The predicted octanol–water partition coefficient (Wildman–Crippen LogP) is 3.87. The molecule has 1 saturated carbocycles. The molecule has 0 N–H and O–H groups in total. The minimum absolute atomic E-state index is 0.466. The van der Waals surface area contributed by atoms with Crippen molar-refractivity contribution in [2.24, 2.45) is 11.3 Å². The standard InChI is InChI=1S/C16H21ClN2O/c1-16(2)9-11(16)10-19-14-8-12(20-3)4-5-13(14)18-15(19)6-7-17/h4-5,8,11H,6-7,9-10H2,1-3H3. The molecule has 1 atom stereocenters. The highest BCUT2D eigenvalue weighted by Gasteiger charge is 2.45. The van der Waals surface area contributed by atoms with Gasteiger partial charge in [0.15, 0.2) is 0 Å². The van der Waals surface area contributed by atoms with Gasteiger partial charge in [-0.3, -0.25) is 0 Å². The van der Waals surface area contributed by atoms with Gasteiger partial charge in [-0.05, 0) is 29.9 Å². The average Bonchev–Trinajstić information content (AvgIpc) is 2.88. The van der Waals surface area contributed by atoms with Gasteiger partial charge in [0, 0.05) is 24.9 Å². The molecular formula is C16H21ClN2O. The number of methoxy groups -OCH3 is 1. The Labute approximate surface area is 124 Å². The molecule has 3 nitrogen and oxygen atoms in total. The predicted molar refractivity (Wildman–Crippen MR) is 82.6 cm³/mol. The van der Waals surface area contributed by atoms with Gasteiger partial charge in [0.05, 0.1) is 18.1 Å². The number of fused-ring (bicyclic) bond motifs is 1. The molecule has 0 spiro atoms. The number of imidazole rings is 1. The van der Waals surface area contributed by atoms with E-state index in [1.54, 1.807) is 7.11 Å². The van der Waals surface area contributed by atoms with Crippen LogP contribution in [0, 0.1) is 11.3 Å². The number of hydrogen-bond acceptors (Lipinski definition) is 2. The zero-order valence-corrected chi connectivity index (χ0v) is 13.1. The number of ether oxygens (including phenoxy) is 1. The van der Waals surface area contributed by atoms with Crippen molar-refractivity contribution in [1.82, 2.24) is 9.55 Å². The SMILES string of the molecule is COc1ccc2nc(CCCl)n(CC3CC3(C)C)c2c1. The maximum absolute atomic E-state index is 5.92. The summed E-state index contributed by atoms with van der Waals surface area (Å²) in [5.41, 5.74) is 2.66. The van der Waals surface area contributed by atoms with Crippen LogP contribution in [0.4, 0.5) is 0 Å². The zero-order valence-electron chi connectivity index (χ0n) is 12.3. The van der Waals surface area contributed by atoms with Crippen LogP contribution in [0.2, 0.25) is 0 Å². The lowest BCUT2D eigenvalue weighted by molar-refractivity contribution is 0.415. The molecule has 0 bridgehead atoms. The Hall–Kier alpha value is -1.22. The van der Waals surface area contributed by atoms with Gasteiger partial charge in [-0.25, -0.2) is 4.98 Å². The fourth-order valence-electron chi connectivity index (χ4n) is 2.87. The average molecular weight is 293 g/mol. The molecule has 1 fully saturated rings. The second kappa shape index (κ2) is 4.96. The van der Waals surface area contributed by atoms with Crippen LogP contribution in [0.1, 0.15) is 26.1 Å². The molecule has 108 valence electrons. The summed E-state index contributed by atoms with van der Waals surface area (Å²) in [6, 6.07) is 6.07. The molecule has 1 aromatic carbocycles. The van der Waals surface area contributed by atoms with Crippen molar-refractivity contribution in [3.8, 4) is 5.75 Å². The lowest BCUT2D eigenvalue weighted by atomic mass is 10.1. The summed E-state index contributed by atoms with van der Waals surface area (Å²) < 4.78 is 7.67. The number of rotatable bonds is 5. The molecule has 2 aromatic rings. The third-order valence-corrected chi connectivity index (χ3v) is 4.66. The second-order valence-corrected chi connectivity index (χ2v) is 6.70. The molecule has 1 unspecified atom stereocenters. The first-order chi connectivity index (χ1) is 9.55. The van der Waals surface area contributed by atoms with Crippen LogP contribution >= 0.6 is 11.6 Å². The van der Waals surface area contributed by atoms with Gasteiger partial charge < -0.3 is 9.30 Å². The van der Waals surface area contributed by atoms with Crippen molar-refractivity contribution in [2.75, 3.05) is 13.0 Å². The van der Waals surface area contributed by atoms with Crippen LogP contribution < -0.4 is 4.74 Å². The molecule has 0 aliphatic heterocycles. The van der Waals surface area contributed by atoms with E-state index in [1.165, 1.54) is 6.42 Å². The quantitative estimate of drug-likeness (QED) is 0.782. The molecule has 1 aromatic heterocycles. The van der Waals surface area contributed by atoms with Crippen molar-refractivity contribution in [3.63, 3.8) is 0 Å². The highest BCUT2D eigenvalue weighted by molar-refractivity contribution is 6.17. The molecule has 3 rings (SSSR count). The Morgan fingerprint density at radius 3 is 2.80 bits per heavy atom. The van der Waals surface area contributed by atoms with Crippen LogP contribution in [-0.4, -0.2) is 22.5 Å². The van der Waals surface area contributed by atoms with Gasteiger partial charge in [0.2, 0.25) is 0 Å². The normalized spacial score (nSPS) is 20.3. The van der Waals surface area contributed by atoms with Crippen LogP contribution in [0.5, 0.6) is 5.75 Å². The van der Waals surface area contributed by atoms with Crippen LogP contribution in [0.15, 0.2) is 18.2 Å². The molecule has 0 radical (unpaired) electrons. The molecule has 0 saturated heterocycles. The van der Waals surface area contributed by atoms with E-state index >= 15 is 0 Å². The summed E-state index contributed by atoms with van der Waals surface area (Å²) in [4.78, 5) is 4.73. The molecule has 20 heavy (non-hydrogen) atoms. The van der Waals surface area contributed by atoms with Gasteiger partial charge >= 0.3 is 0 Å². The third-order valence-electron chi connectivity index (χ3n) is 4.47. The fraction of sp³-hybridized carbons (Fsp3) is 0.562. The van der Waals surface area contributed by atoms with Crippen molar-refractivity contribution in [2.45, 2.75) is 33.2 Å². The van der Waals surface area contributed by atoms with Crippen molar-refractivity contribution in [3.05, 3.63) is 24.0 Å². The Morgan fingerprint density at radius 2 is 2.20 bits per heavy atom. The largest absolute Gasteiger partial charge is 0.497 e. The number of halogens is 1. The molecule has 1 aliphatic rings. The Kier molecular flexibility index (Phi) is 3.41. The minimum Gasteiger partial charge on any atom is -0.497 e. The van der Waals surface area contributed by atoms with Gasteiger partial charge in [0.25, 0.3) is 0 Å². The maximum Gasteiger partial charge on any atom is 0.121 e. The lowest BCUT2D eigenvalue weighted by Gasteiger charge is -2.10. The molecular weight excluding hydrogens is 272 g/mol. The number of aromatic nitrogens is 2. The summed E-state index contributed by atoms with van der Waals surface area (Å²) in [5.74, 6) is 3.31. The first-order valence-corrected chi connectivity index (χ1v) is 7.68. The van der Waals surface area contributed by atoms with Gasteiger partial charge in [0.1, 0.15) is 11.6 Å². The third kappa shape index (κ3) is 2.39. The first kappa shape index (κ1) is 13.7. The van der Waals surface area contributed by atoms with Crippen LogP contribution in [-0.2, 0) is 13.0 Å². The van der Waals surface area contributed by atoms with E-state index in [9.17, 15) is 0 Å². The molecule has 1 aliphatic carbocycles. The highest BCUT2D eigenvalue weighted by Crippen LogP contribution is 2.52. The van der Waals surface area contributed by atoms with E-state index in [2.05, 4.69) is 24.5 Å². The number of hydrogen-bond donors (Lipinski definition) is 0. The van der Waals surface area contributed by atoms with E-state index < -0.39 is 0 Å². The smallest absolute Gasteiger partial charge is 0.121 e. The first-order valence-electron chi connectivity index (χ1n) is 7.14. The van der Waals surface area contributed by atoms with E-state index in [1.807, 2.05) is 12.1 Å². The summed E-state index contributed by atoms with van der Waals surface area (Å²) in [6.07, 6.45) is 2.10. The van der Waals surface area contributed by atoms with E-state index in [-0.39, 0.29) is 0 Å². The van der Waals surface area contributed by atoms with E-state index in [0.717, 1.165) is 41.5 Å². The van der Waals surface area contributed by atoms with Crippen molar-refractivity contribution < 1.29 is 4.74 Å². The fourth-order valence-corrected chi connectivity index (χ4v) is 3.04. The Balaban J connectivity index is 2.02. The molecule has 4 heteroatoms. The van der Waals surface area contributed by atoms with E-state index in [4.69, 9.17) is 21.3 Å². The minimum atomic E-state index is 0.466. The highest BCUT2D eigenvalue weighted by atomic mass is 35.5. The summed E-state index contributed by atoms with van der Waals surface area (Å²) in [6.45, 7) is 5.69. The van der Waals surface area contributed by atoms with Gasteiger partial charge in [-0.15, -0.1) is 11.6 Å². The van der Waals surface area contributed by atoms with Gasteiger partial charge in [-0.2, -0.15) is 0 Å². The molecule has 1 heterocycles. The number of benzene rings is 1. The van der Waals surface area contributed by atoms with Crippen molar-refractivity contribution >= 4 is 22.6 Å².